The molecule has 2 aromatic carbocycles. The maximum absolute atomic E-state index is 13.8. The molecule has 3 aromatic rings. The summed E-state index contributed by atoms with van der Waals surface area (Å²) < 4.78 is 18.2. The van der Waals surface area contributed by atoms with Crippen molar-refractivity contribution in [2.24, 2.45) is 11.8 Å². The molecule has 3 aliphatic rings. The third-order valence-electron chi connectivity index (χ3n) is 8.56. The molecule has 0 bridgehead atoms. The van der Waals surface area contributed by atoms with Crippen molar-refractivity contribution in [1.29, 1.82) is 0 Å². The Labute approximate surface area is 254 Å². The summed E-state index contributed by atoms with van der Waals surface area (Å²) in [7, 11) is 0. The first kappa shape index (κ1) is 29.5. The van der Waals surface area contributed by atoms with Gasteiger partial charge in [0.1, 0.15) is 0 Å². The first-order chi connectivity index (χ1) is 21.0. The van der Waals surface area contributed by atoms with Crippen molar-refractivity contribution in [1.82, 2.24) is 14.9 Å². The maximum atomic E-state index is 13.8. The average Bonchev–Trinajstić information content (AvgIpc) is 3.73. The lowest BCUT2D eigenvalue weighted by molar-refractivity contribution is -0.126. The second-order valence-electron chi connectivity index (χ2n) is 11.5. The molecule has 2 amide bonds. The van der Waals surface area contributed by atoms with Crippen LogP contribution in [0.25, 0.3) is 10.9 Å². The SMILES string of the molecule is CC[C@H](Sc1nc2ccccc2c(=O)n1CC1CCC(C(=O)NC[C@H]2CCCO2)CC1)C(=O)Nc1ccc2c(c1)OCO2. The van der Waals surface area contributed by atoms with Crippen LogP contribution in [-0.2, 0) is 20.9 Å². The molecular weight excluding hydrogens is 568 g/mol. The fourth-order valence-corrected chi connectivity index (χ4v) is 7.10. The zero-order chi connectivity index (χ0) is 29.8. The number of thioether (sulfide) groups is 1. The molecule has 0 unspecified atom stereocenters. The summed E-state index contributed by atoms with van der Waals surface area (Å²) in [5.74, 6) is 1.41. The highest BCUT2D eigenvalue weighted by atomic mass is 32.2. The van der Waals surface area contributed by atoms with Crippen LogP contribution >= 0.6 is 11.8 Å². The van der Waals surface area contributed by atoms with Gasteiger partial charge in [-0.25, -0.2) is 4.98 Å². The fraction of sp³-hybridized carbons (Fsp3) is 0.500. The predicted octanol–water partition coefficient (Wildman–Crippen LogP) is 4.74. The van der Waals surface area contributed by atoms with Gasteiger partial charge in [0.05, 0.1) is 22.3 Å². The zero-order valence-corrected chi connectivity index (χ0v) is 25.2. The summed E-state index contributed by atoms with van der Waals surface area (Å²) in [6, 6.07) is 12.6. The number of nitrogens with one attached hydrogen (secondary N) is 2. The Morgan fingerprint density at radius 3 is 2.67 bits per heavy atom. The molecule has 6 rings (SSSR count). The number of carbonyl (C=O) groups excluding carboxylic acids is 2. The molecule has 1 aromatic heterocycles. The third kappa shape index (κ3) is 6.83. The summed E-state index contributed by atoms with van der Waals surface area (Å²) in [6.07, 6.45) is 6.02. The molecule has 1 aliphatic carbocycles. The van der Waals surface area contributed by atoms with E-state index in [2.05, 4.69) is 10.6 Å². The smallest absolute Gasteiger partial charge is 0.262 e. The van der Waals surface area contributed by atoms with Crippen molar-refractivity contribution in [2.75, 3.05) is 25.3 Å². The van der Waals surface area contributed by atoms with Gasteiger partial charge >= 0.3 is 0 Å². The van der Waals surface area contributed by atoms with Crippen LogP contribution < -0.4 is 25.7 Å². The number of nitrogens with zero attached hydrogens (tertiary/aromatic N) is 2. The fourth-order valence-electron chi connectivity index (χ4n) is 6.07. The van der Waals surface area contributed by atoms with Gasteiger partial charge in [-0.1, -0.05) is 30.8 Å². The molecule has 1 saturated heterocycles. The Morgan fingerprint density at radius 2 is 1.88 bits per heavy atom. The molecule has 3 heterocycles. The maximum Gasteiger partial charge on any atom is 0.262 e. The number of para-hydroxylation sites is 1. The molecule has 11 heteroatoms. The zero-order valence-electron chi connectivity index (χ0n) is 24.4. The van der Waals surface area contributed by atoms with E-state index in [1.165, 1.54) is 11.8 Å². The summed E-state index contributed by atoms with van der Waals surface area (Å²) in [4.78, 5) is 44.8. The molecule has 1 saturated carbocycles. The molecule has 0 spiro atoms. The minimum atomic E-state index is -0.465. The van der Waals surface area contributed by atoms with Crippen molar-refractivity contribution in [2.45, 2.75) is 74.9 Å². The topological polar surface area (TPSA) is 121 Å². The second-order valence-corrected chi connectivity index (χ2v) is 12.7. The number of fused-ring (bicyclic) bond motifs is 2. The van der Waals surface area contributed by atoms with Gasteiger partial charge in [-0.05, 0) is 75.1 Å². The first-order valence-corrected chi connectivity index (χ1v) is 16.1. The standard InChI is InChI=1S/C32H38N4O6S/c1-2-28(30(38)34-22-13-14-26-27(16-22)42-19-41-26)43-32-35-25-8-4-3-7-24(25)31(39)36(32)18-20-9-11-21(12-10-20)29(37)33-17-23-6-5-15-40-23/h3-4,7-8,13-14,16,20-21,23,28H,2,5-6,9-12,15,17-19H2,1H3,(H,33,37)(H,34,38)/t20?,21?,23-,28+/m1/s1. The van der Waals surface area contributed by atoms with Crippen molar-refractivity contribution < 1.29 is 23.8 Å². The number of amides is 2. The van der Waals surface area contributed by atoms with Gasteiger partial charge in [0.2, 0.25) is 18.6 Å². The van der Waals surface area contributed by atoms with E-state index < -0.39 is 5.25 Å². The van der Waals surface area contributed by atoms with Crippen LogP contribution in [0.2, 0.25) is 0 Å². The lowest BCUT2D eigenvalue weighted by Gasteiger charge is -2.29. The molecular formula is C32H38N4O6S. The quantitative estimate of drug-likeness (QED) is 0.251. The van der Waals surface area contributed by atoms with E-state index in [0.29, 0.717) is 52.8 Å². The van der Waals surface area contributed by atoms with Crippen LogP contribution in [0.4, 0.5) is 5.69 Å². The first-order valence-electron chi connectivity index (χ1n) is 15.2. The Bertz CT molecular complexity index is 1530. The van der Waals surface area contributed by atoms with Crippen LogP contribution in [0, 0.1) is 11.8 Å². The van der Waals surface area contributed by atoms with Crippen LogP contribution in [0.1, 0.15) is 51.9 Å². The van der Waals surface area contributed by atoms with Crippen molar-refractivity contribution in [3.63, 3.8) is 0 Å². The molecule has 2 aliphatic heterocycles. The van der Waals surface area contributed by atoms with Crippen LogP contribution in [0.15, 0.2) is 52.4 Å². The number of hydrogen-bond donors (Lipinski definition) is 2. The number of hydrogen-bond acceptors (Lipinski definition) is 8. The van der Waals surface area contributed by atoms with E-state index in [-0.39, 0.29) is 42.1 Å². The lowest BCUT2D eigenvalue weighted by atomic mass is 9.81. The van der Waals surface area contributed by atoms with E-state index in [1.54, 1.807) is 28.8 Å². The summed E-state index contributed by atoms with van der Waals surface area (Å²) in [5, 5.41) is 6.70. The van der Waals surface area contributed by atoms with Crippen LogP contribution in [0.5, 0.6) is 11.5 Å². The van der Waals surface area contributed by atoms with Crippen LogP contribution in [0.3, 0.4) is 0 Å². The number of aromatic nitrogens is 2. The monoisotopic (exact) mass is 606 g/mol. The Balaban J connectivity index is 1.14. The highest BCUT2D eigenvalue weighted by molar-refractivity contribution is 8.00. The lowest BCUT2D eigenvalue weighted by Crippen LogP contribution is -2.38. The van der Waals surface area contributed by atoms with E-state index in [0.717, 1.165) is 45.1 Å². The Morgan fingerprint density at radius 1 is 1.07 bits per heavy atom. The minimum Gasteiger partial charge on any atom is -0.454 e. The van der Waals surface area contributed by atoms with Gasteiger partial charge in [-0.3, -0.25) is 19.0 Å². The van der Waals surface area contributed by atoms with Gasteiger partial charge < -0.3 is 24.8 Å². The normalized spacial score (nSPS) is 21.9. The number of ether oxygens (including phenoxy) is 3. The third-order valence-corrected chi connectivity index (χ3v) is 9.92. The molecule has 2 atom stereocenters. The number of anilines is 1. The van der Waals surface area contributed by atoms with Gasteiger partial charge in [0.25, 0.3) is 5.56 Å². The van der Waals surface area contributed by atoms with Gasteiger partial charge in [-0.2, -0.15) is 0 Å². The van der Waals surface area contributed by atoms with Gasteiger partial charge in [0.15, 0.2) is 16.7 Å². The molecule has 2 N–H and O–H groups in total. The van der Waals surface area contributed by atoms with E-state index in [9.17, 15) is 14.4 Å². The number of benzene rings is 2. The van der Waals surface area contributed by atoms with Crippen molar-refractivity contribution in [3.05, 3.63) is 52.8 Å². The molecule has 43 heavy (non-hydrogen) atoms. The van der Waals surface area contributed by atoms with E-state index in [4.69, 9.17) is 19.2 Å². The average molecular weight is 607 g/mol. The van der Waals surface area contributed by atoms with Gasteiger partial charge in [0, 0.05) is 37.4 Å². The minimum absolute atomic E-state index is 0.0118. The summed E-state index contributed by atoms with van der Waals surface area (Å²) in [6.45, 7) is 3.97. The molecule has 10 nitrogen and oxygen atoms in total. The van der Waals surface area contributed by atoms with Crippen LogP contribution in [-0.4, -0.2) is 52.7 Å². The van der Waals surface area contributed by atoms with E-state index >= 15 is 0 Å². The molecule has 0 radical (unpaired) electrons. The largest absolute Gasteiger partial charge is 0.454 e. The van der Waals surface area contributed by atoms with Crippen molar-refractivity contribution >= 4 is 40.2 Å². The predicted molar refractivity (Wildman–Crippen MR) is 165 cm³/mol. The Kier molecular flexibility index (Phi) is 9.18. The highest BCUT2D eigenvalue weighted by Crippen LogP contribution is 2.35. The van der Waals surface area contributed by atoms with E-state index in [1.807, 2.05) is 25.1 Å². The van der Waals surface area contributed by atoms with Crippen molar-refractivity contribution in [3.8, 4) is 11.5 Å². The molecule has 2 fully saturated rings. The highest BCUT2D eigenvalue weighted by Gasteiger charge is 2.29. The molecule has 228 valence electrons. The Hall–Kier alpha value is -3.57. The second kappa shape index (κ2) is 13.4. The number of rotatable bonds is 10. The number of carbonyl (C=O) groups is 2. The summed E-state index contributed by atoms with van der Waals surface area (Å²) in [5.41, 5.74) is 1.13. The summed E-state index contributed by atoms with van der Waals surface area (Å²) >= 11 is 1.32. The van der Waals surface area contributed by atoms with Gasteiger partial charge in [-0.15, -0.1) is 0 Å².